The van der Waals surface area contributed by atoms with E-state index in [0.29, 0.717) is 6.04 Å². The van der Waals surface area contributed by atoms with Crippen molar-refractivity contribution in [3.05, 3.63) is 35.4 Å². The van der Waals surface area contributed by atoms with Crippen molar-refractivity contribution in [2.75, 3.05) is 0 Å². The van der Waals surface area contributed by atoms with Crippen molar-refractivity contribution in [3.63, 3.8) is 0 Å². The van der Waals surface area contributed by atoms with Crippen molar-refractivity contribution >= 4 is 0 Å². The fourth-order valence-electron chi connectivity index (χ4n) is 3.90. The van der Waals surface area contributed by atoms with E-state index in [1.165, 1.54) is 43.2 Å². The lowest BCUT2D eigenvalue weighted by Crippen LogP contribution is -2.45. The summed E-state index contributed by atoms with van der Waals surface area (Å²) in [5, 5.41) is 0. The number of benzene rings is 1. The third-order valence-corrected chi connectivity index (χ3v) is 5.21. The topological polar surface area (TPSA) is 38.0 Å². The van der Waals surface area contributed by atoms with Crippen LogP contribution in [-0.2, 0) is 6.42 Å². The van der Waals surface area contributed by atoms with Gasteiger partial charge in [0, 0.05) is 6.04 Å². The van der Waals surface area contributed by atoms with Gasteiger partial charge in [0.15, 0.2) is 0 Å². The van der Waals surface area contributed by atoms with E-state index < -0.39 is 0 Å². The standard InChI is InChI=1S/C18H30N2/c1-3-15-9-6-7-11-17(15)18(20-19)13-12-16-10-5-4-8-14(16)2/h4-5,8,10,15,17-18,20H,3,6-7,9,11-13,19H2,1-2H3. The summed E-state index contributed by atoms with van der Waals surface area (Å²) in [7, 11) is 0. The van der Waals surface area contributed by atoms with Crippen molar-refractivity contribution in [1.82, 2.24) is 5.43 Å². The molecule has 2 rings (SSSR count). The van der Waals surface area contributed by atoms with Gasteiger partial charge >= 0.3 is 0 Å². The van der Waals surface area contributed by atoms with Gasteiger partial charge in [0.2, 0.25) is 0 Å². The molecule has 3 atom stereocenters. The third-order valence-electron chi connectivity index (χ3n) is 5.21. The number of hydrazine groups is 1. The smallest absolute Gasteiger partial charge is 0.0244 e. The van der Waals surface area contributed by atoms with Crippen molar-refractivity contribution < 1.29 is 0 Å². The highest BCUT2D eigenvalue weighted by Gasteiger charge is 2.29. The van der Waals surface area contributed by atoms with Crippen LogP contribution in [0.2, 0.25) is 0 Å². The number of hydrogen-bond acceptors (Lipinski definition) is 2. The highest BCUT2D eigenvalue weighted by molar-refractivity contribution is 5.25. The first-order valence-electron chi connectivity index (χ1n) is 8.27. The maximum absolute atomic E-state index is 5.87. The first-order chi connectivity index (χ1) is 9.76. The van der Waals surface area contributed by atoms with E-state index in [4.69, 9.17) is 5.84 Å². The second-order valence-electron chi connectivity index (χ2n) is 6.35. The first kappa shape index (κ1) is 15.5. The molecule has 3 unspecified atom stereocenters. The van der Waals surface area contributed by atoms with Crippen LogP contribution in [0.5, 0.6) is 0 Å². The average Bonchev–Trinajstić information content (AvgIpc) is 2.50. The minimum atomic E-state index is 0.472. The Morgan fingerprint density at radius 1 is 1.25 bits per heavy atom. The predicted molar refractivity (Wildman–Crippen MR) is 86.4 cm³/mol. The lowest BCUT2D eigenvalue weighted by atomic mass is 9.73. The number of nitrogens with one attached hydrogen (secondary N) is 1. The molecule has 20 heavy (non-hydrogen) atoms. The molecule has 0 radical (unpaired) electrons. The van der Waals surface area contributed by atoms with Gasteiger partial charge in [-0.25, -0.2) is 0 Å². The predicted octanol–water partition coefficient (Wildman–Crippen LogP) is 3.98. The van der Waals surface area contributed by atoms with Crippen LogP contribution < -0.4 is 11.3 Å². The summed E-state index contributed by atoms with van der Waals surface area (Å²) < 4.78 is 0. The summed E-state index contributed by atoms with van der Waals surface area (Å²) in [6.45, 7) is 4.54. The Kier molecular flexibility index (Phi) is 6.06. The minimum Gasteiger partial charge on any atom is -0.271 e. The summed E-state index contributed by atoms with van der Waals surface area (Å²) in [6.07, 6.45) is 9.11. The van der Waals surface area contributed by atoms with Gasteiger partial charge in [-0.2, -0.15) is 0 Å². The van der Waals surface area contributed by atoms with Crippen LogP contribution in [0.1, 0.15) is 56.6 Å². The van der Waals surface area contributed by atoms with E-state index in [2.05, 4.69) is 43.5 Å². The number of aryl methyl sites for hydroxylation is 2. The average molecular weight is 274 g/mol. The fourth-order valence-corrected chi connectivity index (χ4v) is 3.90. The highest BCUT2D eigenvalue weighted by Crippen LogP contribution is 2.35. The minimum absolute atomic E-state index is 0.472. The Balaban J connectivity index is 1.96. The zero-order chi connectivity index (χ0) is 14.4. The Labute approximate surface area is 124 Å². The fraction of sp³-hybridized carbons (Fsp3) is 0.667. The zero-order valence-electron chi connectivity index (χ0n) is 13.1. The molecule has 0 amide bonds. The Bertz CT molecular complexity index is 402. The second kappa shape index (κ2) is 7.80. The largest absolute Gasteiger partial charge is 0.271 e. The maximum atomic E-state index is 5.87. The van der Waals surface area contributed by atoms with Crippen LogP contribution in [0.3, 0.4) is 0 Å². The number of nitrogens with two attached hydrogens (primary N) is 1. The van der Waals surface area contributed by atoms with Crippen molar-refractivity contribution in [2.24, 2.45) is 17.7 Å². The first-order valence-corrected chi connectivity index (χ1v) is 8.27. The van der Waals surface area contributed by atoms with E-state index in [9.17, 15) is 0 Å². The molecule has 112 valence electrons. The van der Waals surface area contributed by atoms with Crippen LogP contribution in [0, 0.1) is 18.8 Å². The van der Waals surface area contributed by atoms with Gasteiger partial charge < -0.3 is 0 Å². The van der Waals surface area contributed by atoms with Gasteiger partial charge in [-0.1, -0.05) is 56.9 Å². The van der Waals surface area contributed by atoms with E-state index in [1.807, 2.05) is 0 Å². The van der Waals surface area contributed by atoms with E-state index in [-0.39, 0.29) is 0 Å². The molecule has 1 aliphatic carbocycles. The molecule has 1 aromatic rings. The summed E-state index contributed by atoms with van der Waals surface area (Å²) in [5.74, 6) is 7.50. The Hall–Kier alpha value is -0.860. The molecule has 1 saturated carbocycles. The lowest BCUT2D eigenvalue weighted by Gasteiger charge is -2.36. The molecule has 1 aromatic carbocycles. The molecule has 2 nitrogen and oxygen atoms in total. The van der Waals surface area contributed by atoms with Crippen molar-refractivity contribution in [2.45, 2.75) is 64.8 Å². The molecule has 3 N–H and O–H groups in total. The second-order valence-corrected chi connectivity index (χ2v) is 6.35. The van der Waals surface area contributed by atoms with E-state index >= 15 is 0 Å². The maximum Gasteiger partial charge on any atom is 0.0244 e. The third kappa shape index (κ3) is 3.83. The molecule has 0 aromatic heterocycles. The summed E-state index contributed by atoms with van der Waals surface area (Å²) >= 11 is 0. The quantitative estimate of drug-likeness (QED) is 0.608. The van der Waals surface area contributed by atoms with Crippen molar-refractivity contribution in [1.29, 1.82) is 0 Å². The Morgan fingerprint density at radius 3 is 2.70 bits per heavy atom. The molecule has 0 heterocycles. The van der Waals surface area contributed by atoms with E-state index in [1.54, 1.807) is 0 Å². The van der Waals surface area contributed by atoms with Gasteiger partial charge in [-0.15, -0.1) is 0 Å². The van der Waals surface area contributed by atoms with Crippen LogP contribution in [0.15, 0.2) is 24.3 Å². The molecule has 0 aliphatic heterocycles. The lowest BCUT2D eigenvalue weighted by molar-refractivity contribution is 0.169. The van der Waals surface area contributed by atoms with Crippen LogP contribution in [0.25, 0.3) is 0 Å². The Morgan fingerprint density at radius 2 is 2.00 bits per heavy atom. The molecule has 0 saturated heterocycles. The van der Waals surface area contributed by atoms with Gasteiger partial charge in [0.1, 0.15) is 0 Å². The zero-order valence-corrected chi connectivity index (χ0v) is 13.1. The SMILES string of the molecule is CCC1CCCCC1C(CCc1ccccc1C)NN. The summed E-state index contributed by atoms with van der Waals surface area (Å²) in [4.78, 5) is 0. The van der Waals surface area contributed by atoms with Crippen LogP contribution in [0.4, 0.5) is 0 Å². The number of hydrogen-bond donors (Lipinski definition) is 2. The van der Waals surface area contributed by atoms with E-state index in [0.717, 1.165) is 24.7 Å². The van der Waals surface area contributed by atoms with Gasteiger partial charge in [-0.3, -0.25) is 11.3 Å². The molecule has 0 spiro atoms. The normalized spacial score (nSPS) is 24.6. The molecule has 0 bridgehead atoms. The molecular formula is C18H30N2. The van der Waals surface area contributed by atoms with Crippen molar-refractivity contribution in [3.8, 4) is 0 Å². The molecule has 1 aliphatic rings. The van der Waals surface area contributed by atoms with Gasteiger partial charge in [0.25, 0.3) is 0 Å². The van der Waals surface area contributed by atoms with Gasteiger partial charge in [0.05, 0.1) is 0 Å². The van der Waals surface area contributed by atoms with Crippen LogP contribution in [-0.4, -0.2) is 6.04 Å². The number of rotatable bonds is 6. The molecular weight excluding hydrogens is 244 g/mol. The highest BCUT2D eigenvalue weighted by atomic mass is 15.2. The molecule has 1 fully saturated rings. The molecule has 2 heteroatoms. The monoisotopic (exact) mass is 274 g/mol. The van der Waals surface area contributed by atoms with Gasteiger partial charge in [-0.05, 0) is 49.1 Å². The summed E-state index contributed by atoms with van der Waals surface area (Å²) in [5.41, 5.74) is 6.00. The van der Waals surface area contributed by atoms with Crippen LogP contribution >= 0.6 is 0 Å². The summed E-state index contributed by atoms with van der Waals surface area (Å²) in [6, 6.07) is 9.19.